The Morgan fingerprint density at radius 2 is 1.59 bits per heavy atom. The topological polar surface area (TPSA) is 75.3 Å². The summed E-state index contributed by atoms with van der Waals surface area (Å²) in [5, 5.41) is 2.47. The summed E-state index contributed by atoms with van der Waals surface area (Å²) in [6, 6.07) is 4.36. The van der Waals surface area contributed by atoms with Crippen molar-refractivity contribution in [2.75, 3.05) is 5.32 Å². The average molecular weight is 417 g/mol. The third-order valence-electron chi connectivity index (χ3n) is 4.87. The summed E-state index contributed by atoms with van der Waals surface area (Å²) in [6.45, 7) is 6.82. The average Bonchev–Trinajstić information content (AvgIpc) is 3.07. The molecular weight excluding hydrogens is 395 g/mol. The highest BCUT2D eigenvalue weighted by Crippen LogP contribution is 2.44. The van der Waals surface area contributed by atoms with Gasteiger partial charge in [0.25, 0.3) is 5.91 Å². The molecule has 160 valence electrons. The Labute approximate surface area is 165 Å². The monoisotopic (exact) mass is 417 g/mol. The van der Waals surface area contributed by atoms with Gasteiger partial charge in [0.15, 0.2) is 24.0 Å². The Morgan fingerprint density at radius 3 is 2.28 bits per heavy atom. The first-order valence-electron chi connectivity index (χ1n) is 9.20. The first kappa shape index (κ1) is 20.5. The van der Waals surface area contributed by atoms with Crippen LogP contribution in [-0.2, 0) is 34.7 Å². The van der Waals surface area contributed by atoms with Gasteiger partial charge >= 0.3 is 6.18 Å². The fourth-order valence-electron chi connectivity index (χ4n) is 3.81. The number of hydrogen-bond acceptors (Lipinski definition) is 6. The van der Waals surface area contributed by atoms with Gasteiger partial charge in [0, 0.05) is 5.69 Å². The van der Waals surface area contributed by atoms with E-state index in [1.807, 2.05) is 0 Å². The molecule has 3 heterocycles. The molecule has 1 aromatic rings. The predicted octanol–water partition coefficient (Wildman–Crippen LogP) is 3.04. The van der Waals surface area contributed by atoms with Crippen LogP contribution in [0.2, 0.25) is 0 Å². The SMILES string of the molecule is CC1(C)O[C@H]2[C@@H](O1)[C@@H](C(=O)Nc1cccc(C(F)(F)F)c1)O[C@@H]1OC(C)(C)O[C@@H]12. The van der Waals surface area contributed by atoms with Crippen LogP contribution in [0.5, 0.6) is 0 Å². The van der Waals surface area contributed by atoms with Crippen LogP contribution in [-0.4, -0.2) is 48.2 Å². The zero-order valence-corrected chi connectivity index (χ0v) is 16.3. The van der Waals surface area contributed by atoms with Gasteiger partial charge in [0.1, 0.15) is 18.3 Å². The van der Waals surface area contributed by atoms with Crippen molar-refractivity contribution in [2.24, 2.45) is 0 Å². The number of rotatable bonds is 2. The first-order valence-corrected chi connectivity index (χ1v) is 9.20. The van der Waals surface area contributed by atoms with E-state index in [4.69, 9.17) is 23.7 Å². The van der Waals surface area contributed by atoms with Gasteiger partial charge in [-0.3, -0.25) is 4.79 Å². The molecule has 5 atom stereocenters. The molecule has 7 nitrogen and oxygen atoms in total. The third kappa shape index (κ3) is 3.99. The van der Waals surface area contributed by atoms with E-state index in [0.29, 0.717) is 0 Å². The molecule has 0 saturated carbocycles. The van der Waals surface area contributed by atoms with Crippen molar-refractivity contribution in [3.8, 4) is 0 Å². The van der Waals surface area contributed by atoms with Crippen LogP contribution in [0.25, 0.3) is 0 Å². The minimum atomic E-state index is -4.52. The molecule has 3 fully saturated rings. The minimum Gasteiger partial charge on any atom is -0.342 e. The van der Waals surface area contributed by atoms with Gasteiger partial charge in [-0.05, 0) is 45.9 Å². The van der Waals surface area contributed by atoms with Crippen molar-refractivity contribution >= 4 is 11.6 Å². The standard InChI is InChI=1S/C19H22F3NO6/c1-17(2)26-11-12(27-17)14-16(29-18(3,4)28-14)25-13(11)15(24)23-10-7-5-6-9(8-10)19(20,21)22/h5-8,11-14,16H,1-4H3,(H,23,24)/t11-,12+,13+,14-,16-/m1/s1. The summed E-state index contributed by atoms with van der Waals surface area (Å²) in [5.41, 5.74) is -0.872. The van der Waals surface area contributed by atoms with Gasteiger partial charge in [-0.25, -0.2) is 0 Å². The van der Waals surface area contributed by atoms with Crippen molar-refractivity contribution in [3.63, 3.8) is 0 Å². The van der Waals surface area contributed by atoms with E-state index in [9.17, 15) is 18.0 Å². The molecular formula is C19H22F3NO6. The number of alkyl halides is 3. The Kier molecular flexibility index (Phi) is 4.71. The zero-order chi connectivity index (χ0) is 21.2. The molecule has 1 N–H and O–H groups in total. The highest BCUT2D eigenvalue weighted by molar-refractivity contribution is 5.95. The summed E-state index contributed by atoms with van der Waals surface area (Å²) in [4.78, 5) is 12.9. The number of anilines is 1. The number of amides is 1. The quantitative estimate of drug-likeness (QED) is 0.797. The van der Waals surface area contributed by atoms with E-state index < -0.39 is 59.9 Å². The molecule has 3 saturated heterocycles. The lowest BCUT2D eigenvalue weighted by Gasteiger charge is -2.36. The van der Waals surface area contributed by atoms with Crippen molar-refractivity contribution < 1.29 is 41.7 Å². The van der Waals surface area contributed by atoms with Crippen molar-refractivity contribution in [1.82, 2.24) is 0 Å². The van der Waals surface area contributed by atoms with Gasteiger partial charge in [0.2, 0.25) is 0 Å². The molecule has 0 aromatic heterocycles. The molecule has 0 bridgehead atoms. The normalized spacial score (nSPS) is 35.1. The van der Waals surface area contributed by atoms with Crippen LogP contribution in [0.4, 0.5) is 18.9 Å². The Bertz CT molecular complexity index is 811. The molecule has 0 spiro atoms. The summed E-state index contributed by atoms with van der Waals surface area (Å²) in [7, 11) is 0. The maximum absolute atomic E-state index is 12.9. The van der Waals surface area contributed by atoms with Crippen LogP contribution in [0.3, 0.4) is 0 Å². The van der Waals surface area contributed by atoms with Gasteiger partial charge in [-0.15, -0.1) is 0 Å². The number of nitrogens with one attached hydrogen (secondary N) is 1. The van der Waals surface area contributed by atoms with Crippen LogP contribution in [0.1, 0.15) is 33.3 Å². The van der Waals surface area contributed by atoms with Gasteiger partial charge < -0.3 is 29.0 Å². The summed E-state index contributed by atoms with van der Waals surface area (Å²) in [5.74, 6) is -2.59. The van der Waals surface area contributed by atoms with Gasteiger partial charge in [-0.2, -0.15) is 13.2 Å². The molecule has 1 amide bonds. The molecule has 10 heteroatoms. The lowest BCUT2D eigenvalue weighted by atomic mass is 9.98. The maximum Gasteiger partial charge on any atom is 0.416 e. The van der Waals surface area contributed by atoms with Crippen LogP contribution < -0.4 is 5.32 Å². The van der Waals surface area contributed by atoms with E-state index in [0.717, 1.165) is 12.1 Å². The molecule has 1 aromatic carbocycles. The minimum absolute atomic E-state index is 0.00538. The van der Waals surface area contributed by atoms with E-state index in [1.54, 1.807) is 27.7 Å². The smallest absolute Gasteiger partial charge is 0.342 e. The zero-order valence-electron chi connectivity index (χ0n) is 16.3. The predicted molar refractivity (Wildman–Crippen MR) is 92.6 cm³/mol. The number of carbonyl (C=O) groups excluding carboxylic acids is 1. The lowest BCUT2D eigenvalue weighted by Crippen LogP contribution is -2.58. The fourth-order valence-corrected chi connectivity index (χ4v) is 3.81. The molecule has 4 rings (SSSR count). The second kappa shape index (κ2) is 6.64. The fraction of sp³-hybridized carbons (Fsp3) is 0.632. The highest BCUT2D eigenvalue weighted by atomic mass is 19.4. The molecule has 0 unspecified atom stereocenters. The van der Waals surface area contributed by atoms with Crippen LogP contribution in [0, 0.1) is 0 Å². The largest absolute Gasteiger partial charge is 0.416 e. The molecule has 3 aliphatic heterocycles. The molecule has 0 radical (unpaired) electrons. The summed E-state index contributed by atoms with van der Waals surface area (Å²) >= 11 is 0. The van der Waals surface area contributed by atoms with Crippen molar-refractivity contribution in [2.45, 2.75) is 76.2 Å². The number of carbonyl (C=O) groups is 1. The summed E-state index contributed by atoms with van der Waals surface area (Å²) in [6.07, 6.45) is -8.60. The lowest BCUT2D eigenvalue weighted by molar-refractivity contribution is -0.229. The van der Waals surface area contributed by atoms with E-state index in [1.165, 1.54) is 12.1 Å². The second-order valence-corrected chi connectivity index (χ2v) is 8.16. The third-order valence-corrected chi connectivity index (χ3v) is 4.87. The Hall–Kier alpha value is -1.72. The number of hydrogen-bond donors (Lipinski definition) is 1. The van der Waals surface area contributed by atoms with Crippen molar-refractivity contribution in [1.29, 1.82) is 0 Å². The van der Waals surface area contributed by atoms with E-state index >= 15 is 0 Å². The molecule has 3 aliphatic rings. The van der Waals surface area contributed by atoms with Gasteiger partial charge in [-0.1, -0.05) is 6.07 Å². The number of benzene rings is 1. The number of fused-ring (bicyclic) bond motifs is 3. The number of halogens is 3. The van der Waals surface area contributed by atoms with Gasteiger partial charge in [0.05, 0.1) is 5.56 Å². The van der Waals surface area contributed by atoms with Crippen molar-refractivity contribution in [3.05, 3.63) is 29.8 Å². The van der Waals surface area contributed by atoms with E-state index in [2.05, 4.69) is 5.32 Å². The first-order chi connectivity index (χ1) is 13.3. The van der Waals surface area contributed by atoms with Crippen LogP contribution in [0.15, 0.2) is 24.3 Å². The van der Waals surface area contributed by atoms with E-state index in [-0.39, 0.29) is 5.69 Å². The Balaban J connectivity index is 1.57. The molecule has 29 heavy (non-hydrogen) atoms. The second-order valence-electron chi connectivity index (χ2n) is 8.16. The number of ether oxygens (including phenoxy) is 5. The highest BCUT2D eigenvalue weighted by Gasteiger charge is 2.62. The summed E-state index contributed by atoms with van der Waals surface area (Å²) < 4.78 is 67.9. The Morgan fingerprint density at radius 1 is 0.966 bits per heavy atom. The molecule has 0 aliphatic carbocycles. The maximum atomic E-state index is 12.9. The van der Waals surface area contributed by atoms with Crippen LogP contribution >= 0.6 is 0 Å².